The molecule has 0 saturated carbocycles. The Hall–Kier alpha value is -2.28. The van der Waals surface area contributed by atoms with Gasteiger partial charge in [0, 0.05) is 31.1 Å². The lowest BCUT2D eigenvalue weighted by molar-refractivity contribution is -0.133. The van der Waals surface area contributed by atoms with Crippen LogP contribution in [0.15, 0.2) is 29.6 Å². The van der Waals surface area contributed by atoms with Crippen molar-refractivity contribution >= 4 is 23.2 Å². The summed E-state index contributed by atoms with van der Waals surface area (Å²) in [7, 11) is 0. The van der Waals surface area contributed by atoms with Crippen LogP contribution in [-0.4, -0.2) is 52.3 Å². The molecule has 0 bridgehead atoms. The predicted molar refractivity (Wildman–Crippen MR) is 106 cm³/mol. The number of likely N-dealkylation sites (tertiary alicyclic amines) is 2. The number of rotatable bonds is 3. The Labute approximate surface area is 168 Å². The van der Waals surface area contributed by atoms with Crippen LogP contribution in [-0.2, 0) is 11.2 Å². The van der Waals surface area contributed by atoms with Crippen LogP contribution in [0.1, 0.15) is 40.3 Å². The molecule has 2 fully saturated rings. The summed E-state index contributed by atoms with van der Waals surface area (Å²) in [5.41, 5.74) is 0.968. The van der Waals surface area contributed by atoms with Crippen LogP contribution >= 0.6 is 11.3 Å². The highest BCUT2D eigenvalue weighted by Crippen LogP contribution is 2.32. The summed E-state index contributed by atoms with van der Waals surface area (Å²) in [6.07, 6.45) is 2.80. The average Bonchev–Trinajstić information content (AvgIpc) is 3.14. The molecule has 7 heteroatoms. The molecule has 2 aromatic rings. The van der Waals surface area contributed by atoms with Gasteiger partial charge in [-0.2, -0.15) is 0 Å². The smallest absolute Gasteiger partial charge is 0.273 e. The maximum Gasteiger partial charge on any atom is 0.273 e. The number of benzene rings is 1. The minimum Gasteiger partial charge on any atom is -0.342 e. The molecule has 2 atom stereocenters. The molecule has 28 heavy (non-hydrogen) atoms. The highest BCUT2D eigenvalue weighted by atomic mass is 32.1. The number of fused-ring (bicyclic) bond motifs is 1. The van der Waals surface area contributed by atoms with Crippen molar-refractivity contribution in [3.8, 4) is 0 Å². The second-order valence-electron chi connectivity index (χ2n) is 7.62. The van der Waals surface area contributed by atoms with Gasteiger partial charge in [-0.15, -0.1) is 11.3 Å². The fraction of sp³-hybridized carbons (Fsp3) is 0.476. The quantitative estimate of drug-likeness (QED) is 0.793. The summed E-state index contributed by atoms with van der Waals surface area (Å²) in [6, 6.07) is 6.59. The first-order valence-electron chi connectivity index (χ1n) is 9.77. The number of aromatic nitrogens is 1. The summed E-state index contributed by atoms with van der Waals surface area (Å²) in [4.78, 5) is 33.8. The lowest BCUT2D eigenvalue weighted by atomic mass is 9.83. The van der Waals surface area contributed by atoms with Gasteiger partial charge in [0.25, 0.3) is 5.91 Å². The Bertz CT molecular complexity index is 884. The van der Waals surface area contributed by atoms with Crippen molar-refractivity contribution in [3.63, 3.8) is 0 Å². The monoisotopic (exact) mass is 401 g/mol. The number of amides is 2. The number of nitrogens with zero attached hydrogens (tertiary/aromatic N) is 3. The molecular formula is C21H24FN3O2S. The fourth-order valence-electron chi connectivity index (χ4n) is 4.41. The van der Waals surface area contributed by atoms with Crippen LogP contribution < -0.4 is 0 Å². The van der Waals surface area contributed by atoms with Crippen LogP contribution in [0, 0.1) is 18.7 Å². The molecule has 0 aliphatic carbocycles. The fourth-order valence-corrected chi connectivity index (χ4v) is 4.99. The molecule has 1 aromatic carbocycles. The van der Waals surface area contributed by atoms with E-state index in [0.29, 0.717) is 24.3 Å². The molecule has 0 radical (unpaired) electrons. The van der Waals surface area contributed by atoms with Crippen LogP contribution in [0.25, 0.3) is 0 Å². The van der Waals surface area contributed by atoms with Gasteiger partial charge in [-0.25, -0.2) is 9.37 Å². The third-order valence-corrected chi connectivity index (χ3v) is 6.59. The predicted octanol–water partition coefficient (Wildman–Crippen LogP) is 3.29. The molecule has 0 spiro atoms. The van der Waals surface area contributed by atoms with Gasteiger partial charge in [-0.3, -0.25) is 9.59 Å². The van der Waals surface area contributed by atoms with Crippen LogP contribution in [0.2, 0.25) is 0 Å². The number of halogens is 1. The number of carbonyl (C=O) groups excluding carboxylic acids is 2. The molecule has 2 aliphatic heterocycles. The Morgan fingerprint density at radius 1 is 1.25 bits per heavy atom. The Balaban J connectivity index is 1.42. The van der Waals surface area contributed by atoms with Crippen LogP contribution in [0.4, 0.5) is 4.39 Å². The number of hydrogen-bond acceptors (Lipinski definition) is 4. The van der Waals surface area contributed by atoms with Crippen molar-refractivity contribution < 1.29 is 14.0 Å². The summed E-state index contributed by atoms with van der Waals surface area (Å²) < 4.78 is 13.9. The highest BCUT2D eigenvalue weighted by Gasteiger charge is 2.39. The van der Waals surface area contributed by atoms with Gasteiger partial charge in [-0.05, 0) is 43.7 Å². The molecular weight excluding hydrogens is 377 g/mol. The van der Waals surface area contributed by atoms with Gasteiger partial charge >= 0.3 is 0 Å². The minimum atomic E-state index is -0.335. The van der Waals surface area contributed by atoms with Gasteiger partial charge in [0.1, 0.15) is 11.5 Å². The number of piperidine rings is 2. The zero-order valence-electron chi connectivity index (χ0n) is 15.9. The number of aryl methyl sites for hydroxylation is 1. The molecule has 0 N–H and O–H groups in total. The molecule has 5 nitrogen and oxygen atoms in total. The summed E-state index contributed by atoms with van der Waals surface area (Å²) in [6.45, 7) is 3.89. The van der Waals surface area contributed by atoms with E-state index in [0.717, 1.165) is 30.8 Å². The van der Waals surface area contributed by atoms with Crippen molar-refractivity contribution in [3.05, 3.63) is 51.7 Å². The first-order chi connectivity index (χ1) is 13.5. The summed E-state index contributed by atoms with van der Waals surface area (Å²) in [5, 5.41) is 2.72. The Morgan fingerprint density at radius 3 is 2.82 bits per heavy atom. The maximum atomic E-state index is 13.9. The SMILES string of the molecule is Cc1nc(C(=O)N2CCC[C@@H]3CN(C(=O)Cc4ccccc4F)CC[C@@H]32)cs1. The van der Waals surface area contributed by atoms with Gasteiger partial charge < -0.3 is 9.80 Å². The van der Waals surface area contributed by atoms with E-state index in [1.54, 1.807) is 18.2 Å². The van der Waals surface area contributed by atoms with E-state index in [1.807, 2.05) is 22.1 Å². The molecule has 1 aromatic heterocycles. The lowest BCUT2D eigenvalue weighted by Gasteiger charge is -2.47. The third kappa shape index (κ3) is 3.81. The van der Waals surface area contributed by atoms with E-state index in [-0.39, 0.29) is 36.0 Å². The molecule has 4 rings (SSSR count). The highest BCUT2D eigenvalue weighted by molar-refractivity contribution is 7.09. The van der Waals surface area contributed by atoms with Crippen LogP contribution in [0.5, 0.6) is 0 Å². The van der Waals surface area contributed by atoms with Gasteiger partial charge in [0.2, 0.25) is 5.91 Å². The largest absolute Gasteiger partial charge is 0.342 e. The summed E-state index contributed by atoms with van der Waals surface area (Å²) in [5.74, 6) is -0.0956. The van der Waals surface area contributed by atoms with Gasteiger partial charge in [0.05, 0.1) is 11.4 Å². The van der Waals surface area contributed by atoms with E-state index in [2.05, 4.69) is 4.98 Å². The third-order valence-electron chi connectivity index (χ3n) is 5.82. The maximum absolute atomic E-state index is 13.9. The molecule has 148 valence electrons. The zero-order valence-corrected chi connectivity index (χ0v) is 16.8. The number of thiazole rings is 1. The second kappa shape index (κ2) is 7.99. The first-order valence-corrected chi connectivity index (χ1v) is 10.6. The first kappa shape index (κ1) is 19.1. The summed E-state index contributed by atoms with van der Waals surface area (Å²) >= 11 is 1.49. The molecule has 3 heterocycles. The topological polar surface area (TPSA) is 53.5 Å². The van der Waals surface area contributed by atoms with E-state index in [1.165, 1.54) is 17.4 Å². The Kier molecular flexibility index (Phi) is 5.44. The number of carbonyl (C=O) groups is 2. The second-order valence-corrected chi connectivity index (χ2v) is 8.68. The number of hydrogen-bond donors (Lipinski definition) is 0. The van der Waals surface area contributed by atoms with Crippen molar-refractivity contribution in [2.75, 3.05) is 19.6 Å². The van der Waals surface area contributed by atoms with Gasteiger partial charge in [-0.1, -0.05) is 18.2 Å². The van der Waals surface area contributed by atoms with E-state index < -0.39 is 0 Å². The molecule has 0 unspecified atom stereocenters. The van der Waals surface area contributed by atoms with E-state index in [4.69, 9.17) is 0 Å². The lowest BCUT2D eigenvalue weighted by Crippen LogP contribution is -2.56. The van der Waals surface area contributed by atoms with Gasteiger partial charge in [0.15, 0.2) is 0 Å². The molecule has 2 amide bonds. The molecule has 2 aliphatic rings. The Morgan fingerprint density at radius 2 is 2.07 bits per heavy atom. The van der Waals surface area contributed by atoms with Crippen molar-refractivity contribution in [2.45, 2.75) is 38.6 Å². The standard InChI is InChI=1S/C21H24FN3O2S/c1-14-23-18(13-28-14)21(27)25-9-4-6-16-12-24(10-8-19(16)25)20(26)11-15-5-2-3-7-17(15)22/h2-3,5,7,13,16,19H,4,6,8-12H2,1H3/t16-,19+/m1/s1. The van der Waals surface area contributed by atoms with E-state index in [9.17, 15) is 14.0 Å². The molecule has 2 saturated heterocycles. The van der Waals surface area contributed by atoms with Crippen molar-refractivity contribution in [1.82, 2.24) is 14.8 Å². The zero-order chi connectivity index (χ0) is 19.7. The van der Waals surface area contributed by atoms with E-state index >= 15 is 0 Å². The minimum absolute atomic E-state index is 0.00480. The van der Waals surface area contributed by atoms with Crippen molar-refractivity contribution in [2.24, 2.45) is 5.92 Å². The normalized spacial score (nSPS) is 22.1. The van der Waals surface area contributed by atoms with Crippen molar-refractivity contribution in [1.29, 1.82) is 0 Å². The van der Waals surface area contributed by atoms with Crippen LogP contribution in [0.3, 0.4) is 0 Å². The average molecular weight is 402 g/mol.